The van der Waals surface area contributed by atoms with Crippen molar-refractivity contribution in [3.8, 4) is 16.3 Å². The molecule has 33 heavy (non-hydrogen) atoms. The fourth-order valence-corrected chi connectivity index (χ4v) is 5.36. The van der Waals surface area contributed by atoms with Crippen LogP contribution in [0.3, 0.4) is 0 Å². The number of hydrogen-bond donors (Lipinski definition) is 1. The van der Waals surface area contributed by atoms with Crippen molar-refractivity contribution in [2.75, 3.05) is 0 Å². The largest absolute Gasteiger partial charge is 0.489 e. The Balaban J connectivity index is 1.31. The van der Waals surface area contributed by atoms with Gasteiger partial charge < -0.3 is 9.84 Å². The van der Waals surface area contributed by atoms with Crippen LogP contribution in [0.15, 0.2) is 24.4 Å². The third kappa shape index (κ3) is 5.24. The molecule has 0 amide bonds. The van der Waals surface area contributed by atoms with Gasteiger partial charge in [-0.2, -0.15) is 4.39 Å². The number of thiophene rings is 1. The summed E-state index contributed by atoms with van der Waals surface area (Å²) in [7, 11) is 0. The topological polar surface area (TPSA) is 90.1 Å². The Morgan fingerprint density at radius 1 is 1.30 bits per heavy atom. The molecule has 3 aromatic rings. The number of hydrogen-bond acceptors (Lipinski definition) is 6. The zero-order valence-electron chi connectivity index (χ0n) is 18.5. The van der Waals surface area contributed by atoms with Gasteiger partial charge in [0, 0.05) is 6.20 Å². The van der Waals surface area contributed by atoms with Gasteiger partial charge in [-0.05, 0) is 81.5 Å². The molecule has 2 saturated carbocycles. The van der Waals surface area contributed by atoms with Crippen LogP contribution in [0, 0.1) is 23.9 Å². The molecule has 5 rings (SSSR count). The molecule has 0 saturated heterocycles. The minimum atomic E-state index is -0.757. The summed E-state index contributed by atoms with van der Waals surface area (Å²) in [6.45, 7) is 2.30. The molecule has 174 valence electrons. The summed E-state index contributed by atoms with van der Waals surface area (Å²) >= 11 is 1.07. The van der Waals surface area contributed by atoms with E-state index in [-0.39, 0.29) is 17.2 Å². The molecule has 0 bridgehead atoms. The molecule has 7 nitrogen and oxygen atoms in total. The highest BCUT2D eigenvalue weighted by Crippen LogP contribution is 2.35. The normalized spacial score (nSPS) is 20.7. The molecule has 9 heteroatoms. The summed E-state index contributed by atoms with van der Waals surface area (Å²) in [6.07, 6.45) is 8.20. The van der Waals surface area contributed by atoms with Crippen LogP contribution in [-0.2, 0) is 17.8 Å². The molecule has 3 aromatic heterocycles. The van der Waals surface area contributed by atoms with E-state index in [4.69, 9.17) is 4.74 Å². The number of ether oxygens (including phenoxy) is 1. The van der Waals surface area contributed by atoms with Crippen molar-refractivity contribution < 1.29 is 19.0 Å². The molecule has 2 atom stereocenters. The maximum absolute atomic E-state index is 14.2. The molecular formula is C24H27FN4O3S. The summed E-state index contributed by atoms with van der Waals surface area (Å²) in [5.41, 5.74) is 3.20. The fraction of sp³-hybridized carbons (Fsp3) is 0.500. The lowest BCUT2D eigenvalue weighted by atomic mass is 9.87. The third-order valence-corrected chi connectivity index (χ3v) is 7.42. The minimum Gasteiger partial charge on any atom is -0.489 e. The number of halogens is 1. The Bertz CT molecular complexity index is 1160. The average molecular weight is 471 g/mol. The number of carboxylic acid groups (broad SMARTS) is 1. The van der Waals surface area contributed by atoms with Crippen molar-refractivity contribution in [3.05, 3.63) is 46.5 Å². The predicted molar refractivity (Wildman–Crippen MR) is 122 cm³/mol. The van der Waals surface area contributed by atoms with Crippen LogP contribution >= 0.6 is 11.3 Å². The van der Waals surface area contributed by atoms with Gasteiger partial charge in [-0.25, -0.2) is 9.67 Å². The molecule has 0 aromatic carbocycles. The number of aliphatic carboxylic acids is 1. The summed E-state index contributed by atoms with van der Waals surface area (Å²) in [5.74, 6) is 0.275. The minimum absolute atomic E-state index is 0.127. The van der Waals surface area contributed by atoms with Gasteiger partial charge >= 0.3 is 5.97 Å². The van der Waals surface area contributed by atoms with Crippen molar-refractivity contribution in [2.45, 2.75) is 64.5 Å². The number of aromatic nitrogens is 4. The van der Waals surface area contributed by atoms with E-state index in [0.717, 1.165) is 52.7 Å². The lowest BCUT2D eigenvalue weighted by Crippen LogP contribution is -2.29. The van der Waals surface area contributed by atoms with Crippen LogP contribution in [0.5, 0.6) is 5.75 Å². The highest BCUT2D eigenvalue weighted by atomic mass is 32.1. The first-order valence-corrected chi connectivity index (χ1v) is 12.3. The maximum atomic E-state index is 14.2. The van der Waals surface area contributed by atoms with Gasteiger partial charge in [0.25, 0.3) is 0 Å². The summed E-state index contributed by atoms with van der Waals surface area (Å²) < 4.78 is 22.1. The molecule has 0 aliphatic heterocycles. The number of carbonyl (C=O) groups is 1. The SMILES string of the molecule is Cc1nc(-c2sc(F)cc2Cn2cc(CC3CC3)nn2)ccc1O[C@H]1CCC[C@H](C(=O)O)C1. The van der Waals surface area contributed by atoms with Crippen LogP contribution in [0.1, 0.15) is 55.5 Å². The van der Waals surface area contributed by atoms with Gasteiger partial charge in [0.2, 0.25) is 0 Å². The van der Waals surface area contributed by atoms with Crippen LogP contribution < -0.4 is 4.74 Å². The van der Waals surface area contributed by atoms with Crippen LogP contribution in [0.2, 0.25) is 0 Å². The van der Waals surface area contributed by atoms with Crippen LogP contribution in [0.25, 0.3) is 10.6 Å². The Kier molecular flexibility index (Phi) is 6.14. The zero-order valence-corrected chi connectivity index (χ0v) is 19.4. The number of aryl methyl sites for hydroxylation is 1. The van der Waals surface area contributed by atoms with E-state index in [1.807, 2.05) is 25.3 Å². The van der Waals surface area contributed by atoms with Crippen molar-refractivity contribution in [2.24, 2.45) is 11.8 Å². The molecule has 3 heterocycles. The molecule has 1 N–H and O–H groups in total. The Morgan fingerprint density at radius 2 is 2.15 bits per heavy atom. The van der Waals surface area contributed by atoms with E-state index in [1.165, 1.54) is 18.9 Å². The van der Waals surface area contributed by atoms with Crippen molar-refractivity contribution in [1.29, 1.82) is 0 Å². The van der Waals surface area contributed by atoms with Gasteiger partial charge in [-0.3, -0.25) is 4.79 Å². The van der Waals surface area contributed by atoms with Gasteiger partial charge in [0.05, 0.1) is 40.5 Å². The standard InChI is InChI=1S/C24H27FN4O3S/c1-14-21(32-19-4-2-3-16(10-19)24(30)31)8-7-20(26-14)23-17(11-22(25)33-23)12-29-13-18(27-28-29)9-15-5-6-15/h7-8,11,13,15-16,19H,2-6,9-10,12H2,1H3,(H,30,31)/t16-,19-/m0/s1. The molecule has 0 unspecified atom stereocenters. The van der Waals surface area contributed by atoms with Gasteiger partial charge in [0.1, 0.15) is 5.75 Å². The predicted octanol–water partition coefficient (Wildman–Crippen LogP) is 4.87. The van der Waals surface area contributed by atoms with E-state index >= 15 is 0 Å². The molecule has 0 spiro atoms. The van der Waals surface area contributed by atoms with Gasteiger partial charge in [-0.1, -0.05) is 5.21 Å². The van der Waals surface area contributed by atoms with Crippen LogP contribution in [0.4, 0.5) is 4.39 Å². The monoisotopic (exact) mass is 470 g/mol. The Labute approximate surface area is 195 Å². The van der Waals surface area contributed by atoms with Crippen molar-refractivity contribution in [1.82, 2.24) is 20.0 Å². The smallest absolute Gasteiger partial charge is 0.306 e. The molecule has 0 radical (unpaired) electrons. The van der Waals surface area contributed by atoms with E-state index < -0.39 is 5.97 Å². The fourth-order valence-electron chi connectivity index (χ4n) is 4.49. The maximum Gasteiger partial charge on any atom is 0.306 e. The Morgan fingerprint density at radius 3 is 2.91 bits per heavy atom. The second kappa shape index (κ2) is 9.21. The summed E-state index contributed by atoms with van der Waals surface area (Å²) in [6, 6.07) is 5.23. The molecule has 2 fully saturated rings. The van der Waals surface area contributed by atoms with E-state index in [2.05, 4.69) is 15.3 Å². The first-order valence-electron chi connectivity index (χ1n) is 11.5. The van der Waals surface area contributed by atoms with E-state index in [9.17, 15) is 14.3 Å². The summed E-state index contributed by atoms with van der Waals surface area (Å²) in [4.78, 5) is 16.8. The highest BCUT2D eigenvalue weighted by molar-refractivity contribution is 7.14. The van der Waals surface area contributed by atoms with Gasteiger partial charge in [-0.15, -0.1) is 16.4 Å². The highest BCUT2D eigenvalue weighted by Gasteiger charge is 2.28. The molecule has 2 aliphatic carbocycles. The number of pyridine rings is 1. The Hall–Kier alpha value is -2.81. The molecule has 2 aliphatic rings. The van der Waals surface area contributed by atoms with Crippen molar-refractivity contribution >= 4 is 17.3 Å². The zero-order chi connectivity index (χ0) is 22.9. The second-order valence-corrected chi connectivity index (χ2v) is 10.2. The third-order valence-electron chi connectivity index (χ3n) is 6.43. The second-order valence-electron chi connectivity index (χ2n) is 9.18. The average Bonchev–Trinajstić information content (AvgIpc) is 3.37. The number of nitrogens with zero attached hydrogens (tertiary/aromatic N) is 4. The lowest BCUT2D eigenvalue weighted by molar-refractivity contribution is -0.143. The summed E-state index contributed by atoms with van der Waals surface area (Å²) in [5, 5.41) is 17.5. The van der Waals surface area contributed by atoms with Crippen molar-refractivity contribution in [3.63, 3.8) is 0 Å². The first-order chi connectivity index (χ1) is 15.9. The quantitative estimate of drug-likeness (QED) is 0.505. The van der Waals surface area contributed by atoms with Gasteiger partial charge in [0.15, 0.2) is 5.13 Å². The van der Waals surface area contributed by atoms with Crippen LogP contribution in [-0.4, -0.2) is 37.2 Å². The first kappa shape index (κ1) is 22.0. The van der Waals surface area contributed by atoms with E-state index in [1.54, 1.807) is 4.68 Å². The lowest BCUT2D eigenvalue weighted by Gasteiger charge is -2.27. The van der Waals surface area contributed by atoms with E-state index in [0.29, 0.717) is 36.5 Å². The number of rotatable bonds is 8. The number of carboxylic acids is 1. The molecular weight excluding hydrogens is 443 g/mol.